The minimum absolute atomic E-state index is 0.0277. The highest BCUT2D eigenvalue weighted by Crippen LogP contribution is 2.23. The van der Waals surface area contributed by atoms with E-state index in [4.69, 9.17) is 4.42 Å². The molecule has 1 atom stereocenters. The summed E-state index contributed by atoms with van der Waals surface area (Å²) in [5, 5.41) is 3.96. The van der Waals surface area contributed by atoms with Crippen molar-refractivity contribution in [1.82, 2.24) is 19.4 Å². The lowest BCUT2D eigenvalue weighted by atomic mass is 10.1. The fourth-order valence-corrected chi connectivity index (χ4v) is 3.34. The highest BCUT2D eigenvalue weighted by Gasteiger charge is 2.28. The Morgan fingerprint density at radius 1 is 1.43 bits per heavy atom. The van der Waals surface area contributed by atoms with Gasteiger partial charge in [-0.1, -0.05) is 0 Å². The van der Waals surface area contributed by atoms with Crippen LogP contribution in [0.2, 0.25) is 0 Å². The highest BCUT2D eigenvalue weighted by molar-refractivity contribution is 7.89. The van der Waals surface area contributed by atoms with Gasteiger partial charge < -0.3 is 9.32 Å². The first-order valence-corrected chi connectivity index (χ1v) is 8.81. The molecule has 0 saturated carbocycles. The molecule has 0 radical (unpaired) electrons. The van der Waals surface area contributed by atoms with Crippen LogP contribution >= 0.6 is 0 Å². The first-order chi connectivity index (χ1) is 11.0. The number of hydrogen-bond donors (Lipinski definition) is 1. The molecule has 1 saturated heterocycles. The number of nitrogens with zero attached hydrogens (tertiary/aromatic N) is 3. The van der Waals surface area contributed by atoms with Gasteiger partial charge in [-0.2, -0.15) is 5.10 Å². The van der Waals surface area contributed by atoms with Crippen LogP contribution in [-0.4, -0.2) is 49.1 Å². The first-order valence-electron chi connectivity index (χ1n) is 7.33. The van der Waals surface area contributed by atoms with Crippen molar-refractivity contribution < 1.29 is 17.6 Å². The number of nitrogens with one attached hydrogen (secondary N) is 1. The third kappa shape index (κ3) is 3.15. The van der Waals surface area contributed by atoms with E-state index < -0.39 is 10.0 Å². The number of carbonyl (C=O) groups is 1. The molecule has 0 bridgehead atoms. The summed E-state index contributed by atoms with van der Waals surface area (Å²) < 4.78 is 32.6. The number of rotatable bonds is 4. The highest BCUT2D eigenvalue weighted by atomic mass is 32.2. The van der Waals surface area contributed by atoms with E-state index in [1.807, 2.05) is 16.9 Å². The maximum absolute atomic E-state index is 12.5. The van der Waals surface area contributed by atoms with Crippen molar-refractivity contribution in [3.8, 4) is 0 Å². The van der Waals surface area contributed by atoms with Crippen LogP contribution in [0, 0.1) is 0 Å². The number of hydrogen-bond acceptors (Lipinski definition) is 5. The van der Waals surface area contributed by atoms with Crippen molar-refractivity contribution in [2.75, 3.05) is 20.1 Å². The molecule has 3 heterocycles. The molecule has 0 aromatic carbocycles. The number of likely N-dealkylation sites (tertiary alicyclic amines) is 1. The van der Waals surface area contributed by atoms with E-state index in [9.17, 15) is 13.2 Å². The summed E-state index contributed by atoms with van der Waals surface area (Å²) in [5.74, 6) is -0.278. The second-order valence-corrected chi connectivity index (χ2v) is 7.18. The van der Waals surface area contributed by atoms with Gasteiger partial charge in [0.05, 0.1) is 6.04 Å². The smallest absolute Gasteiger partial charge is 0.289 e. The fourth-order valence-electron chi connectivity index (χ4n) is 2.69. The van der Waals surface area contributed by atoms with Crippen molar-refractivity contribution in [1.29, 1.82) is 0 Å². The zero-order valence-electron chi connectivity index (χ0n) is 12.7. The molecule has 124 valence electrons. The van der Waals surface area contributed by atoms with Gasteiger partial charge in [0.25, 0.3) is 15.9 Å². The molecule has 1 N–H and O–H groups in total. The maximum atomic E-state index is 12.5. The maximum Gasteiger partial charge on any atom is 0.289 e. The summed E-state index contributed by atoms with van der Waals surface area (Å²) in [5.41, 5.74) is 0. The third-order valence-corrected chi connectivity index (χ3v) is 5.20. The van der Waals surface area contributed by atoms with Crippen LogP contribution in [0.25, 0.3) is 0 Å². The van der Waals surface area contributed by atoms with Crippen LogP contribution in [0.15, 0.2) is 40.1 Å². The second kappa shape index (κ2) is 6.17. The number of carbonyl (C=O) groups excluding carboxylic acids is 1. The van der Waals surface area contributed by atoms with Crippen molar-refractivity contribution in [2.24, 2.45) is 0 Å². The largest absolute Gasteiger partial charge is 0.438 e. The van der Waals surface area contributed by atoms with E-state index in [1.165, 1.54) is 19.2 Å². The zero-order chi connectivity index (χ0) is 16.4. The third-order valence-electron chi connectivity index (χ3n) is 3.91. The molecule has 2 aromatic heterocycles. The van der Waals surface area contributed by atoms with E-state index in [2.05, 4.69) is 9.82 Å². The Bertz CT molecular complexity index is 782. The van der Waals surface area contributed by atoms with E-state index in [1.54, 1.807) is 11.1 Å². The predicted octanol–water partition coefficient (Wildman–Crippen LogP) is 0.861. The molecule has 9 heteroatoms. The topological polar surface area (TPSA) is 97.4 Å². The van der Waals surface area contributed by atoms with Crippen LogP contribution in [-0.2, 0) is 10.0 Å². The van der Waals surface area contributed by atoms with Gasteiger partial charge in [-0.3, -0.25) is 9.48 Å². The standard InChI is InChI=1S/C14H18N4O4S/c1-15-23(20,21)13-6-5-12(22-13)14(19)17-8-2-4-11(10-17)18-9-3-7-16-18/h3,5-7,9,11,15H,2,4,8,10H2,1H3. The number of amides is 1. The van der Waals surface area contributed by atoms with Crippen molar-refractivity contribution in [3.63, 3.8) is 0 Å². The zero-order valence-corrected chi connectivity index (χ0v) is 13.5. The Kier molecular flexibility index (Phi) is 4.22. The Morgan fingerprint density at radius 3 is 2.96 bits per heavy atom. The minimum atomic E-state index is -3.69. The summed E-state index contributed by atoms with van der Waals surface area (Å²) in [4.78, 5) is 14.2. The monoisotopic (exact) mass is 338 g/mol. The van der Waals surface area contributed by atoms with Crippen molar-refractivity contribution in [2.45, 2.75) is 24.0 Å². The van der Waals surface area contributed by atoms with Gasteiger partial charge in [0.1, 0.15) is 0 Å². The average molecular weight is 338 g/mol. The van der Waals surface area contributed by atoms with Gasteiger partial charge in [-0.15, -0.1) is 0 Å². The average Bonchev–Trinajstić information content (AvgIpc) is 3.26. The predicted molar refractivity (Wildman–Crippen MR) is 81.4 cm³/mol. The molecule has 1 amide bonds. The summed E-state index contributed by atoms with van der Waals surface area (Å²) in [6.45, 7) is 1.14. The fraction of sp³-hybridized carbons (Fsp3) is 0.429. The van der Waals surface area contributed by atoms with Crippen LogP contribution in [0.1, 0.15) is 29.4 Å². The Hall–Kier alpha value is -2.13. The first kappa shape index (κ1) is 15.8. The van der Waals surface area contributed by atoms with Crippen molar-refractivity contribution >= 4 is 15.9 Å². The number of furan rings is 1. The quantitative estimate of drug-likeness (QED) is 0.892. The molecular weight excluding hydrogens is 320 g/mol. The van der Waals surface area contributed by atoms with Gasteiger partial charge in [0.2, 0.25) is 5.09 Å². The lowest BCUT2D eigenvalue weighted by molar-refractivity contribution is 0.0635. The van der Waals surface area contributed by atoms with Gasteiger partial charge in [-0.25, -0.2) is 13.1 Å². The molecule has 0 spiro atoms. The molecule has 1 aliphatic rings. The van der Waals surface area contributed by atoms with E-state index in [0.29, 0.717) is 13.1 Å². The molecule has 23 heavy (non-hydrogen) atoms. The van der Waals surface area contributed by atoms with Crippen LogP contribution < -0.4 is 4.72 Å². The number of sulfonamides is 1. The van der Waals surface area contributed by atoms with Gasteiger partial charge in [-0.05, 0) is 38.1 Å². The number of aromatic nitrogens is 2. The Labute approximate surface area is 134 Å². The van der Waals surface area contributed by atoms with Gasteiger partial charge in [0.15, 0.2) is 5.76 Å². The molecule has 1 unspecified atom stereocenters. The normalized spacial score (nSPS) is 19.0. The minimum Gasteiger partial charge on any atom is -0.438 e. The summed E-state index contributed by atoms with van der Waals surface area (Å²) >= 11 is 0. The van der Waals surface area contributed by atoms with Crippen LogP contribution in [0.4, 0.5) is 0 Å². The van der Waals surface area contributed by atoms with Crippen LogP contribution in [0.3, 0.4) is 0 Å². The van der Waals surface area contributed by atoms with Crippen LogP contribution in [0.5, 0.6) is 0 Å². The van der Waals surface area contributed by atoms with Gasteiger partial charge >= 0.3 is 0 Å². The lowest BCUT2D eigenvalue weighted by Gasteiger charge is -2.32. The number of piperidine rings is 1. The molecule has 1 aliphatic heterocycles. The van der Waals surface area contributed by atoms with E-state index >= 15 is 0 Å². The molecule has 2 aromatic rings. The Morgan fingerprint density at radius 2 is 2.26 bits per heavy atom. The second-order valence-electron chi connectivity index (χ2n) is 5.36. The lowest BCUT2D eigenvalue weighted by Crippen LogP contribution is -2.40. The molecule has 1 fully saturated rings. The SMILES string of the molecule is CNS(=O)(=O)c1ccc(C(=O)N2CCCC(n3cccn3)C2)o1. The molecular formula is C14H18N4O4S. The molecule has 8 nitrogen and oxygen atoms in total. The van der Waals surface area contributed by atoms with Gasteiger partial charge in [0, 0.05) is 25.5 Å². The summed E-state index contributed by atoms with van der Waals surface area (Å²) in [6, 6.07) is 4.65. The Balaban J connectivity index is 1.75. The molecule has 0 aliphatic carbocycles. The van der Waals surface area contributed by atoms with E-state index in [0.717, 1.165) is 12.8 Å². The van der Waals surface area contributed by atoms with E-state index in [-0.39, 0.29) is 22.8 Å². The summed E-state index contributed by atoms with van der Waals surface area (Å²) in [7, 11) is -2.40. The summed E-state index contributed by atoms with van der Waals surface area (Å²) in [6.07, 6.45) is 5.40. The molecule has 3 rings (SSSR count). The van der Waals surface area contributed by atoms with Crippen molar-refractivity contribution in [3.05, 3.63) is 36.4 Å².